The minimum atomic E-state index is -0.635. The summed E-state index contributed by atoms with van der Waals surface area (Å²) in [6, 6.07) is 6.68. The van der Waals surface area contributed by atoms with Crippen LogP contribution in [0.3, 0.4) is 0 Å². The molecule has 1 heterocycles. The molecular weight excluding hydrogens is 299 g/mol. The van der Waals surface area contributed by atoms with Crippen LogP contribution >= 0.6 is 11.6 Å². The number of esters is 1. The summed E-state index contributed by atoms with van der Waals surface area (Å²) in [5.74, 6) is -1.77. The monoisotopic (exact) mass is 308 g/mol. The lowest BCUT2D eigenvalue weighted by molar-refractivity contribution is -0.119. The van der Waals surface area contributed by atoms with Gasteiger partial charge in [0.25, 0.3) is 5.91 Å². The average Bonchev–Trinajstić information content (AvgIpc) is 2.49. The molecule has 5 nitrogen and oxygen atoms in total. The molecule has 0 saturated heterocycles. The molecule has 108 valence electrons. The zero-order valence-electron chi connectivity index (χ0n) is 10.7. The Morgan fingerprint density at radius 2 is 1.95 bits per heavy atom. The first-order chi connectivity index (χ1) is 10.1. The van der Waals surface area contributed by atoms with Gasteiger partial charge in [0.1, 0.15) is 5.82 Å². The van der Waals surface area contributed by atoms with E-state index >= 15 is 0 Å². The van der Waals surface area contributed by atoms with Gasteiger partial charge < -0.3 is 10.1 Å². The van der Waals surface area contributed by atoms with Crippen LogP contribution in [0.4, 0.5) is 10.1 Å². The molecule has 2 rings (SSSR count). The fraction of sp³-hybridized carbons (Fsp3) is 0.0714. The van der Waals surface area contributed by atoms with E-state index in [2.05, 4.69) is 10.3 Å². The lowest BCUT2D eigenvalue weighted by atomic mass is 10.3. The molecule has 2 aromatic rings. The molecule has 0 atom stereocenters. The van der Waals surface area contributed by atoms with Gasteiger partial charge in [0.2, 0.25) is 0 Å². The summed E-state index contributed by atoms with van der Waals surface area (Å²) in [7, 11) is 0. The normalized spacial score (nSPS) is 10.0. The number of benzene rings is 1. The van der Waals surface area contributed by atoms with Crippen molar-refractivity contribution in [3.63, 3.8) is 0 Å². The summed E-state index contributed by atoms with van der Waals surface area (Å²) in [5.41, 5.74) is 0.606. The number of carbonyl (C=O) groups excluding carboxylic acids is 2. The maximum Gasteiger partial charge on any atom is 0.338 e. The van der Waals surface area contributed by atoms with E-state index in [0.717, 1.165) is 6.07 Å². The second-order valence-corrected chi connectivity index (χ2v) is 4.40. The highest BCUT2D eigenvalue weighted by Crippen LogP contribution is 2.19. The Bertz CT molecular complexity index is 665. The molecule has 7 heteroatoms. The maximum atomic E-state index is 13.0. The van der Waals surface area contributed by atoms with Crippen LogP contribution in [0.25, 0.3) is 0 Å². The molecule has 1 amide bonds. The number of hydrogen-bond acceptors (Lipinski definition) is 4. The Hall–Kier alpha value is -2.47. The first kappa shape index (κ1) is 14.9. The molecule has 0 aliphatic heterocycles. The number of nitrogens with one attached hydrogen (secondary N) is 1. The van der Waals surface area contributed by atoms with Gasteiger partial charge in [-0.3, -0.25) is 9.78 Å². The number of hydrogen-bond donors (Lipinski definition) is 1. The maximum absolute atomic E-state index is 13.0. The van der Waals surface area contributed by atoms with Gasteiger partial charge in [-0.15, -0.1) is 0 Å². The van der Waals surface area contributed by atoms with Crippen molar-refractivity contribution in [1.82, 2.24) is 4.98 Å². The second kappa shape index (κ2) is 6.81. The van der Waals surface area contributed by atoms with Gasteiger partial charge in [-0.1, -0.05) is 11.6 Å². The molecule has 1 aromatic heterocycles. The summed E-state index contributed by atoms with van der Waals surface area (Å²) in [4.78, 5) is 27.0. The summed E-state index contributed by atoms with van der Waals surface area (Å²) < 4.78 is 17.8. The lowest BCUT2D eigenvalue weighted by Gasteiger charge is -2.07. The van der Waals surface area contributed by atoms with Gasteiger partial charge >= 0.3 is 5.97 Å². The number of pyridine rings is 1. The van der Waals surface area contributed by atoms with Gasteiger partial charge in [0, 0.05) is 18.1 Å². The third-order valence-corrected chi connectivity index (χ3v) is 2.74. The number of ether oxygens (including phenoxy) is 1. The predicted octanol–water partition coefficient (Wildman–Crippen LogP) is 2.67. The Balaban J connectivity index is 1.87. The lowest BCUT2D eigenvalue weighted by Crippen LogP contribution is -2.20. The molecule has 1 N–H and O–H groups in total. The molecule has 0 bridgehead atoms. The van der Waals surface area contributed by atoms with Crippen LogP contribution in [-0.2, 0) is 9.53 Å². The topological polar surface area (TPSA) is 68.3 Å². The van der Waals surface area contributed by atoms with E-state index in [1.165, 1.54) is 36.7 Å². The Morgan fingerprint density at radius 1 is 1.24 bits per heavy atom. The van der Waals surface area contributed by atoms with Crippen molar-refractivity contribution >= 4 is 29.2 Å². The Morgan fingerprint density at radius 3 is 2.62 bits per heavy atom. The van der Waals surface area contributed by atoms with Crippen molar-refractivity contribution in [1.29, 1.82) is 0 Å². The van der Waals surface area contributed by atoms with Gasteiger partial charge in [0.15, 0.2) is 6.61 Å². The van der Waals surface area contributed by atoms with Crippen LogP contribution in [0.5, 0.6) is 0 Å². The van der Waals surface area contributed by atoms with E-state index < -0.39 is 24.3 Å². The largest absolute Gasteiger partial charge is 0.452 e. The van der Waals surface area contributed by atoms with E-state index in [4.69, 9.17) is 16.3 Å². The van der Waals surface area contributed by atoms with Gasteiger partial charge in [-0.05, 0) is 30.3 Å². The molecule has 0 unspecified atom stereocenters. The highest BCUT2D eigenvalue weighted by molar-refractivity contribution is 6.31. The zero-order chi connectivity index (χ0) is 15.2. The van der Waals surface area contributed by atoms with Crippen molar-refractivity contribution in [2.24, 2.45) is 0 Å². The average molecular weight is 309 g/mol. The zero-order valence-corrected chi connectivity index (χ0v) is 11.4. The first-order valence-corrected chi connectivity index (χ1v) is 6.26. The standard InChI is InChI=1S/C14H10ClFN2O3/c15-11-7-10(1-2-12(11)16)18-13(19)8-21-14(20)9-3-5-17-6-4-9/h1-7H,8H2,(H,18,19). The number of halogens is 2. The molecular formula is C14H10ClFN2O3. The molecule has 0 saturated carbocycles. The van der Waals surface area contributed by atoms with Crippen LogP contribution in [0.2, 0.25) is 5.02 Å². The van der Waals surface area contributed by atoms with Crippen LogP contribution < -0.4 is 5.32 Å². The molecule has 0 radical (unpaired) electrons. The van der Waals surface area contributed by atoms with Gasteiger partial charge in [0.05, 0.1) is 10.6 Å². The van der Waals surface area contributed by atoms with Gasteiger partial charge in [-0.2, -0.15) is 0 Å². The number of anilines is 1. The molecule has 21 heavy (non-hydrogen) atoms. The summed E-state index contributed by atoms with van der Waals surface area (Å²) in [6.45, 7) is -0.462. The van der Waals surface area contributed by atoms with Crippen molar-refractivity contribution in [3.8, 4) is 0 Å². The summed E-state index contributed by atoms with van der Waals surface area (Å²) in [6.07, 6.45) is 2.88. The minimum Gasteiger partial charge on any atom is -0.452 e. The SMILES string of the molecule is O=C(COC(=O)c1ccncc1)Nc1ccc(F)c(Cl)c1. The number of amides is 1. The molecule has 0 spiro atoms. The smallest absolute Gasteiger partial charge is 0.338 e. The fourth-order valence-corrected chi connectivity index (χ4v) is 1.65. The van der Waals surface area contributed by atoms with Crippen molar-refractivity contribution in [2.75, 3.05) is 11.9 Å². The third kappa shape index (κ3) is 4.25. The van der Waals surface area contributed by atoms with Crippen molar-refractivity contribution < 1.29 is 18.7 Å². The fourth-order valence-electron chi connectivity index (χ4n) is 1.47. The Kier molecular flexibility index (Phi) is 4.84. The van der Waals surface area contributed by atoms with E-state index in [1.807, 2.05) is 0 Å². The van der Waals surface area contributed by atoms with E-state index in [-0.39, 0.29) is 5.02 Å². The number of aromatic nitrogens is 1. The number of rotatable bonds is 4. The van der Waals surface area contributed by atoms with E-state index in [0.29, 0.717) is 11.3 Å². The highest BCUT2D eigenvalue weighted by atomic mass is 35.5. The summed E-state index contributed by atoms with van der Waals surface area (Å²) in [5, 5.41) is 2.33. The van der Waals surface area contributed by atoms with Crippen molar-refractivity contribution in [3.05, 3.63) is 59.1 Å². The number of carbonyl (C=O) groups is 2. The molecule has 0 aliphatic rings. The Labute approximate surface area is 124 Å². The molecule has 0 aliphatic carbocycles. The van der Waals surface area contributed by atoms with Crippen LogP contribution in [0.15, 0.2) is 42.7 Å². The third-order valence-electron chi connectivity index (χ3n) is 2.45. The second-order valence-electron chi connectivity index (χ2n) is 3.99. The first-order valence-electron chi connectivity index (χ1n) is 5.88. The number of nitrogens with zero attached hydrogens (tertiary/aromatic N) is 1. The van der Waals surface area contributed by atoms with Crippen LogP contribution in [0, 0.1) is 5.82 Å². The highest BCUT2D eigenvalue weighted by Gasteiger charge is 2.10. The molecule has 0 fully saturated rings. The van der Waals surface area contributed by atoms with E-state index in [9.17, 15) is 14.0 Å². The molecule has 1 aromatic carbocycles. The minimum absolute atomic E-state index is 0.110. The summed E-state index contributed by atoms with van der Waals surface area (Å²) >= 11 is 5.59. The van der Waals surface area contributed by atoms with Gasteiger partial charge in [-0.25, -0.2) is 9.18 Å². The van der Waals surface area contributed by atoms with E-state index in [1.54, 1.807) is 0 Å². The quantitative estimate of drug-likeness (QED) is 0.882. The van der Waals surface area contributed by atoms with Crippen LogP contribution in [0.1, 0.15) is 10.4 Å². The van der Waals surface area contributed by atoms with Crippen molar-refractivity contribution in [2.45, 2.75) is 0 Å². The predicted molar refractivity (Wildman–Crippen MR) is 74.6 cm³/mol. The van der Waals surface area contributed by atoms with Crippen LogP contribution in [-0.4, -0.2) is 23.5 Å².